The maximum atomic E-state index is 4.26. The van der Waals surface area contributed by atoms with Crippen LogP contribution in [0.1, 0.15) is 41.9 Å². The number of nitrogens with zero attached hydrogens (tertiary/aromatic N) is 1. The van der Waals surface area contributed by atoms with Gasteiger partial charge in [-0.25, -0.2) is 0 Å². The Morgan fingerprint density at radius 2 is 2.00 bits per heavy atom. The summed E-state index contributed by atoms with van der Waals surface area (Å²) >= 11 is 3.49. The molecule has 0 N–H and O–H groups in total. The Morgan fingerprint density at radius 1 is 1.16 bits per heavy atom. The SMILES string of the molecule is Brc1ccc(CCC2CCCc3cnccc32)cc1. The predicted molar refractivity (Wildman–Crippen MR) is 82.4 cm³/mol. The van der Waals surface area contributed by atoms with Crippen LogP contribution in [0.25, 0.3) is 0 Å². The molecular formula is C17H18BrN. The molecule has 2 aromatic rings. The molecule has 0 fully saturated rings. The third-order valence-corrected chi connectivity index (χ3v) is 4.60. The first kappa shape index (κ1) is 12.9. The first-order valence-electron chi connectivity index (χ1n) is 7.00. The number of aromatic nitrogens is 1. The molecule has 1 heterocycles. The molecule has 1 aromatic carbocycles. The van der Waals surface area contributed by atoms with Crippen LogP contribution in [0.15, 0.2) is 47.2 Å². The van der Waals surface area contributed by atoms with Gasteiger partial charge in [-0.2, -0.15) is 0 Å². The van der Waals surface area contributed by atoms with E-state index in [4.69, 9.17) is 0 Å². The van der Waals surface area contributed by atoms with Gasteiger partial charge in [0.25, 0.3) is 0 Å². The Labute approximate surface area is 123 Å². The standard InChI is InChI=1S/C17H18BrN/c18-16-8-5-13(6-9-16)4-7-14-2-1-3-15-12-19-11-10-17(14)15/h5-6,8-12,14H,1-4,7H2. The van der Waals surface area contributed by atoms with E-state index in [0.29, 0.717) is 0 Å². The molecule has 1 aromatic heterocycles. The van der Waals surface area contributed by atoms with E-state index in [-0.39, 0.29) is 0 Å². The van der Waals surface area contributed by atoms with Crippen LogP contribution in [0, 0.1) is 0 Å². The Kier molecular flexibility index (Phi) is 3.97. The van der Waals surface area contributed by atoms with E-state index in [2.05, 4.69) is 57.4 Å². The Morgan fingerprint density at radius 3 is 2.84 bits per heavy atom. The maximum absolute atomic E-state index is 4.26. The summed E-state index contributed by atoms with van der Waals surface area (Å²) in [7, 11) is 0. The summed E-state index contributed by atoms with van der Waals surface area (Å²) in [6.45, 7) is 0. The zero-order chi connectivity index (χ0) is 13.1. The third kappa shape index (κ3) is 3.06. The molecule has 0 amide bonds. The lowest BCUT2D eigenvalue weighted by molar-refractivity contribution is 0.519. The second-order valence-corrected chi connectivity index (χ2v) is 6.24. The van der Waals surface area contributed by atoms with Crippen molar-refractivity contribution in [2.24, 2.45) is 0 Å². The monoisotopic (exact) mass is 315 g/mol. The highest BCUT2D eigenvalue weighted by atomic mass is 79.9. The number of halogens is 1. The van der Waals surface area contributed by atoms with Gasteiger partial charge in [-0.05, 0) is 72.9 Å². The van der Waals surface area contributed by atoms with Gasteiger partial charge in [0, 0.05) is 16.9 Å². The largest absolute Gasteiger partial charge is 0.264 e. The summed E-state index contributed by atoms with van der Waals surface area (Å²) in [5, 5.41) is 0. The van der Waals surface area contributed by atoms with Crippen LogP contribution in [0.3, 0.4) is 0 Å². The molecule has 98 valence electrons. The van der Waals surface area contributed by atoms with Crippen molar-refractivity contribution in [1.29, 1.82) is 0 Å². The number of hydrogen-bond acceptors (Lipinski definition) is 1. The zero-order valence-corrected chi connectivity index (χ0v) is 12.6. The van der Waals surface area contributed by atoms with Crippen LogP contribution < -0.4 is 0 Å². The quantitative estimate of drug-likeness (QED) is 0.785. The van der Waals surface area contributed by atoms with Gasteiger partial charge in [0.2, 0.25) is 0 Å². The Bertz CT molecular complexity index is 547. The van der Waals surface area contributed by atoms with Crippen molar-refractivity contribution in [2.45, 2.75) is 38.0 Å². The number of aryl methyl sites for hydroxylation is 2. The Hall–Kier alpha value is -1.15. The van der Waals surface area contributed by atoms with Crippen molar-refractivity contribution in [3.63, 3.8) is 0 Å². The molecule has 0 saturated heterocycles. The van der Waals surface area contributed by atoms with E-state index < -0.39 is 0 Å². The minimum atomic E-state index is 0.718. The molecule has 19 heavy (non-hydrogen) atoms. The van der Waals surface area contributed by atoms with Gasteiger partial charge in [-0.15, -0.1) is 0 Å². The van der Waals surface area contributed by atoms with Gasteiger partial charge in [0.15, 0.2) is 0 Å². The fourth-order valence-corrected chi connectivity index (χ4v) is 3.30. The molecule has 0 aliphatic heterocycles. The molecule has 1 atom stereocenters. The molecule has 0 saturated carbocycles. The van der Waals surface area contributed by atoms with Crippen LogP contribution in [0.2, 0.25) is 0 Å². The first-order valence-corrected chi connectivity index (χ1v) is 7.79. The minimum Gasteiger partial charge on any atom is -0.264 e. The van der Waals surface area contributed by atoms with Crippen molar-refractivity contribution in [3.05, 3.63) is 63.9 Å². The number of fused-ring (bicyclic) bond motifs is 1. The van der Waals surface area contributed by atoms with Gasteiger partial charge in [0.05, 0.1) is 0 Å². The lowest BCUT2D eigenvalue weighted by Gasteiger charge is -2.25. The maximum Gasteiger partial charge on any atom is 0.0302 e. The molecule has 0 bridgehead atoms. The van der Waals surface area contributed by atoms with E-state index in [1.165, 1.54) is 43.2 Å². The topological polar surface area (TPSA) is 12.9 Å². The van der Waals surface area contributed by atoms with E-state index in [1.807, 2.05) is 6.20 Å². The van der Waals surface area contributed by atoms with E-state index in [9.17, 15) is 0 Å². The summed E-state index contributed by atoms with van der Waals surface area (Å²) in [6, 6.07) is 10.9. The number of pyridine rings is 1. The molecule has 1 aliphatic carbocycles. The van der Waals surface area contributed by atoms with E-state index in [0.717, 1.165) is 10.4 Å². The van der Waals surface area contributed by atoms with Crippen molar-refractivity contribution in [3.8, 4) is 0 Å². The lowest BCUT2D eigenvalue weighted by atomic mass is 9.81. The molecule has 2 heteroatoms. The van der Waals surface area contributed by atoms with Gasteiger partial charge >= 0.3 is 0 Å². The number of benzene rings is 1. The molecule has 0 spiro atoms. The fourth-order valence-electron chi connectivity index (χ4n) is 3.03. The molecule has 1 aliphatic rings. The fraction of sp³-hybridized carbons (Fsp3) is 0.353. The molecular weight excluding hydrogens is 298 g/mol. The zero-order valence-electron chi connectivity index (χ0n) is 11.0. The predicted octanol–water partition coefficient (Wildman–Crippen LogP) is 4.90. The van der Waals surface area contributed by atoms with Crippen molar-refractivity contribution < 1.29 is 0 Å². The number of hydrogen-bond donors (Lipinski definition) is 0. The summed E-state index contributed by atoms with van der Waals surface area (Å²) in [6.07, 6.45) is 10.3. The Balaban J connectivity index is 1.69. The number of rotatable bonds is 3. The highest BCUT2D eigenvalue weighted by Gasteiger charge is 2.19. The van der Waals surface area contributed by atoms with Gasteiger partial charge in [0.1, 0.15) is 0 Å². The second kappa shape index (κ2) is 5.87. The highest BCUT2D eigenvalue weighted by molar-refractivity contribution is 9.10. The second-order valence-electron chi connectivity index (χ2n) is 5.33. The summed E-state index contributed by atoms with van der Waals surface area (Å²) in [5.41, 5.74) is 4.44. The summed E-state index contributed by atoms with van der Waals surface area (Å²) < 4.78 is 1.16. The average molecular weight is 316 g/mol. The minimum absolute atomic E-state index is 0.718. The van der Waals surface area contributed by atoms with Gasteiger partial charge in [-0.3, -0.25) is 4.98 Å². The third-order valence-electron chi connectivity index (χ3n) is 4.07. The van der Waals surface area contributed by atoms with E-state index in [1.54, 1.807) is 5.56 Å². The molecule has 0 radical (unpaired) electrons. The van der Waals surface area contributed by atoms with E-state index >= 15 is 0 Å². The molecule has 1 nitrogen and oxygen atoms in total. The smallest absolute Gasteiger partial charge is 0.0302 e. The van der Waals surface area contributed by atoms with Crippen LogP contribution >= 0.6 is 15.9 Å². The lowest BCUT2D eigenvalue weighted by Crippen LogP contribution is -2.11. The summed E-state index contributed by atoms with van der Waals surface area (Å²) in [4.78, 5) is 4.26. The van der Waals surface area contributed by atoms with Gasteiger partial charge in [-0.1, -0.05) is 28.1 Å². The summed E-state index contributed by atoms with van der Waals surface area (Å²) in [5.74, 6) is 0.718. The average Bonchev–Trinajstić information content (AvgIpc) is 2.47. The molecule has 1 unspecified atom stereocenters. The van der Waals surface area contributed by atoms with Crippen LogP contribution in [-0.4, -0.2) is 4.98 Å². The van der Waals surface area contributed by atoms with Gasteiger partial charge < -0.3 is 0 Å². The van der Waals surface area contributed by atoms with Crippen LogP contribution in [0.4, 0.5) is 0 Å². The van der Waals surface area contributed by atoms with Crippen molar-refractivity contribution in [1.82, 2.24) is 4.98 Å². The van der Waals surface area contributed by atoms with Crippen LogP contribution in [0.5, 0.6) is 0 Å². The van der Waals surface area contributed by atoms with Crippen molar-refractivity contribution >= 4 is 15.9 Å². The first-order chi connectivity index (χ1) is 9.33. The van der Waals surface area contributed by atoms with Crippen molar-refractivity contribution in [2.75, 3.05) is 0 Å². The normalized spacial score (nSPS) is 18.1. The highest BCUT2D eigenvalue weighted by Crippen LogP contribution is 2.34. The molecule has 3 rings (SSSR count). The van der Waals surface area contributed by atoms with Crippen LogP contribution in [-0.2, 0) is 12.8 Å².